The summed E-state index contributed by atoms with van der Waals surface area (Å²) in [6.07, 6.45) is 45.6. The summed E-state index contributed by atoms with van der Waals surface area (Å²) in [5.74, 6) is -0.893. The quantitative estimate of drug-likeness (QED) is 0.0215. The first-order chi connectivity index (χ1) is 27.0. The molecule has 0 bridgehead atoms. The molecule has 0 aromatic heterocycles. The fraction of sp³-hybridized carbons (Fsp3) is 0.739. The van der Waals surface area contributed by atoms with Gasteiger partial charge in [-0.3, -0.25) is 18.6 Å². The van der Waals surface area contributed by atoms with Gasteiger partial charge in [-0.15, -0.1) is 0 Å². The zero-order valence-corrected chi connectivity index (χ0v) is 37.2. The maximum Gasteiger partial charge on any atom is 0.472 e. The highest BCUT2D eigenvalue weighted by Crippen LogP contribution is 2.43. The second-order valence-electron chi connectivity index (χ2n) is 15.7. The molecule has 0 saturated carbocycles. The zero-order chi connectivity index (χ0) is 41.4. The molecule has 0 radical (unpaired) electrons. The van der Waals surface area contributed by atoms with Gasteiger partial charge >= 0.3 is 19.8 Å². The van der Waals surface area contributed by atoms with Crippen LogP contribution in [0.25, 0.3) is 0 Å². The standard InChI is InChI=1S/C46H82NO8P/c1-6-8-10-12-14-16-18-20-22-23-25-27-29-31-33-35-37-39-46(49)55-44(43-54-56(50,51)53-41-40-47(3,4)5)42-52-45(48)38-36-34-32-30-28-26-24-21-19-17-15-13-11-9-7-2/h14,16,20,22,25,27-28,30-31,33,44H,6-13,15,17-19,21,23-24,26,29,32,34-43H2,1-5H3/p+1/b16-14+,22-20+,27-25+,30-28+,33-31+/t44-/m1/s1. The van der Waals surface area contributed by atoms with E-state index in [0.29, 0.717) is 30.3 Å². The Hall–Kier alpha value is -2.29. The Bertz CT molecular complexity index is 1140. The molecular formula is C46H83NO8P+. The van der Waals surface area contributed by atoms with Gasteiger partial charge in [0.25, 0.3) is 0 Å². The summed E-state index contributed by atoms with van der Waals surface area (Å²) in [6.45, 7) is 4.29. The Morgan fingerprint density at radius 2 is 0.982 bits per heavy atom. The third-order valence-corrected chi connectivity index (χ3v) is 10.0. The highest BCUT2D eigenvalue weighted by molar-refractivity contribution is 7.47. The number of carbonyl (C=O) groups is 2. The summed E-state index contributed by atoms with van der Waals surface area (Å²) < 4.78 is 34.2. The predicted octanol–water partition coefficient (Wildman–Crippen LogP) is 12.5. The minimum Gasteiger partial charge on any atom is -0.462 e. The van der Waals surface area contributed by atoms with E-state index in [1.165, 1.54) is 83.5 Å². The maximum absolute atomic E-state index is 12.7. The molecule has 1 unspecified atom stereocenters. The van der Waals surface area contributed by atoms with Crippen LogP contribution in [0.4, 0.5) is 0 Å². The molecule has 10 heteroatoms. The summed E-state index contributed by atoms with van der Waals surface area (Å²) in [5, 5.41) is 0. The number of unbranched alkanes of at least 4 members (excludes halogenated alkanes) is 15. The minimum absolute atomic E-state index is 0.0165. The molecule has 0 aliphatic heterocycles. The topological polar surface area (TPSA) is 108 Å². The number of allylic oxidation sites excluding steroid dienone is 10. The largest absolute Gasteiger partial charge is 0.472 e. The molecule has 2 atom stereocenters. The normalized spacial score (nSPS) is 14.2. The molecule has 1 N–H and O–H groups in total. The smallest absolute Gasteiger partial charge is 0.462 e. The van der Waals surface area contributed by atoms with Crippen LogP contribution in [0.5, 0.6) is 0 Å². The number of likely N-dealkylation sites (N-methyl/N-ethyl adjacent to an activating group) is 1. The van der Waals surface area contributed by atoms with Gasteiger partial charge in [0.2, 0.25) is 0 Å². The summed E-state index contributed by atoms with van der Waals surface area (Å²) in [7, 11) is 1.42. The second-order valence-corrected chi connectivity index (χ2v) is 17.2. The summed E-state index contributed by atoms with van der Waals surface area (Å²) in [4.78, 5) is 35.3. The van der Waals surface area contributed by atoms with Crippen molar-refractivity contribution < 1.29 is 42.1 Å². The van der Waals surface area contributed by atoms with E-state index in [1.54, 1.807) is 0 Å². The lowest BCUT2D eigenvalue weighted by Gasteiger charge is -2.24. The SMILES string of the molecule is CCCCC/C=C/C/C=C/C/C=C/C/C=C/CCCC(=O)O[C@H](COC(=O)CCCC/C=C/CCCCCCCCCCC)COP(=O)(O)OCC[N+](C)(C)C. The molecule has 324 valence electrons. The van der Waals surface area contributed by atoms with Gasteiger partial charge in [0.1, 0.15) is 19.8 Å². The molecule has 0 aliphatic rings. The van der Waals surface area contributed by atoms with E-state index >= 15 is 0 Å². The van der Waals surface area contributed by atoms with Crippen LogP contribution in [-0.4, -0.2) is 74.9 Å². The van der Waals surface area contributed by atoms with E-state index < -0.39 is 32.5 Å². The van der Waals surface area contributed by atoms with Crippen molar-refractivity contribution in [3.05, 3.63) is 60.8 Å². The van der Waals surface area contributed by atoms with Crippen molar-refractivity contribution in [1.29, 1.82) is 0 Å². The first-order valence-electron chi connectivity index (χ1n) is 22.0. The van der Waals surface area contributed by atoms with Gasteiger partial charge in [0, 0.05) is 12.8 Å². The number of ether oxygens (including phenoxy) is 2. The van der Waals surface area contributed by atoms with Crippen LogP contribution >= 0.6 is 7.82 Å². The average molecular weight is 809 g/mol. The number of carbonyl (C=O) groups excluding carboxylic acids is 2. The number of phosphoric acid groups is 1. The zero-order valence-electron chi connectivity index (χ0n) is 36.3. The third kappa shape index (κ3) is 41.3. The van der Waals surface area contributed by atoms with Crippen LogP contribution in [0.2, 0.25) is 0 Å². The minimum atomic E-state index is -4.39. The molecule has 0 aromatic carbocycles. The Kier molecular flexibility index (Phi) is 36.7. The average Bonchev–Trinajstić information content (AvgIpc) is 3.15. The van der Waals surface area contributed by atoms with E-state index in [2.05, 4.69) is 68.5 Å². The predicted molar refractivity (Wildman–Crippen MR) is 233 cm³/mol. The van der Waals surface area contributed by atoms with Crippen molar-refractivity contribution in [2.45, 2.75) is 174 Å². The lowest BCUT2D eigenvalue weighted by molar-refractivity contribution is -0.870. The van der Waals surface area contributed by atoms with Crippen molar-refractivity contribution in [3.63, 3.8) is 0 Å². The van der Waals surface area contributed by atoms with Gasteiger partial charge in [-0.1, -0.05) is 139 Å². The van der Waals surface area contributed by atoms with E-state index in [9.17, 15) is 19.0 Å². The monoisotopic (exact) mass is 809 g/mol. The van der Waals surface area contributed by atoms with Gasteiger partial charge in [-0.25, -0.2) is 4.57 Å². The van der Waals surface area contributed by atoms with Crippen molar-refractivity contribution in [1.82, 2.24) is 0 Å². The van der Waals surface area contributed by atoms with Gasteiger partial charge in [0.15, 0.2) is 6.10 Å². The van der Waals surface area contributed by atoms with E-state index in [-0.39, 0.29) is 26.1 Å². The van der Waals surface area contributed by atoms with Gasteiger partial charge in [-0.05, 0) is 77.0 Å². The van der Waals surface area contributed by atoms with Crippen LogP contribution in [-0.2, 0) is 32.7 Å². The number of phosphoric ester groups is 1. The Balaban J connectivity index is 4.50. The molecule has 9 nitrogen and oxygen atoms in total. The van der Waals surface area contributed by atoms with E-state index in [0.717, 1.165) is 38.5 Å². The fourth-order valence-corrected chi connectivity index (χ4v) is 6.27. The van der Waals surface area contributed by atoms with Gasteiger partial charge in [-0.2, -0.15) is 0 Å². The van der Waals surface area contributed by atoms with Gasteiger partial charge in [0.05, 0.1) is 27.7 Å². The van der Waals surface area contributed by atoms with Crippen LogP contribution in [0.15, 0.2) is 60.8 Å². The molecule has 0 fully saturated rings. The van der Waals surface area contributed by atoms with Crippen molar-refractivity contribution in [2.75, 3.05) is 47.5 Å². The van der Waals surface area contributed by atoms with Crippen LogP contribution in [0.3, 0.4) is 0 Å². The van der Waals surface area contributed by atoms with Crippen LogP contribution < -0.4 is 0 Å². The molecule has 0 saturated heterocycles. The van der Waals surface area contributed by atoms with Crippen molar-refractivity contribution >= 4 is 19.8 Å². The lowest BCUT2D eigenvalue weighted by Crippen LogP contribution is -2.37. The Labute approximate surface area is 343 Å². The second kappa shape index (κ2) is 38.2. The Morgan fingerprint density at radius 1 is 0.554 bits per heavy atom. The van der Waals surface area contributed by atoms with E-state index in [4.69, 9.17) is 18.5 Å². The molecule has 0 aromatic rings. The van der Waals surface area contributed by atoms with Crippen LogP contribution in [0, 0.1) is 0 Å². The first kappa shape index (κ1) is 53.7. The number of nitrogens with zero attached hydrogens (tertiary/aromatic N) is 1. The summed E-state index contributed by atoms with van der Waals surface area (Å²) in [5.41, 5.74) is 0. The van der Waals surface area contributed by atoms with Crippen LogP contribution in [0.1, 0.15) is 168 Å². The molecule has 0 rings (SSSR count). The number of hydrogen-bond donors (Lipinski definition) is 1. The van der Waals surface area contributed by atoms with E-state index in [1.807, 2.05) is 27.2 Å². The number of esters is 2. The fourth-order valence-electron chi connectivity index (χ4n) is 5.53. The molecule has 56 heavy (non-hydrogen) atoms. The van der Waals surface area contributed by atoms with Gasteiger partial charge < -0.3 is 18.9 Å². The summed E-state index contributed by atoms with van der Waals surface area (Å²) >= 11 is 0. The number of rotatable bonds is 39. The van der Waals surface area contributed by atoms with Crippen molar-refractivity contribution in [3.8, 4) is 0 Å². The molecule has 0 heterocycles. The molecular weight excluding hydrogens is 725 g/mol. The Morgan fingerprint density at radius 3 is 1.54 bits per heavy atom. The maximum atomic E-state index is 12.7. The summed E-state index contributed by atoms with van der Waals surface area (Å²) in [6, 6.07) is 0. The molecule has 0 spiro atoms. The highest BCUT2D eigenvalue weighted by Gasteiger charge is 2.27. The highest BCUT2D eigenvalue weighted by atomic mass is 31.2. The third-order valence-electron chi connectivity index (χ3n) is 9.02. The molecule has 0 amide bonds. The number of quaternary nitrogens is 1. The number of hydrogen-bond acceptors (Lipinski definition) is 7. The lowest BCUT2D eigenvalue weighted by atomic mass is 10.1. The van der Waals surface area contributed by atoms with Crippen molar-refractivity contribution in [2.24, 2.45) is 0 Å². The molecule has 0 aliphatic carbocycles. The first-order valence-corrected chi connectivity index (χ1v) is 23.5.